The average molecular weight is 406 g/mol. The van der Waals surface area contributed by atoms with Gasteiger partial charge in [-0.3, -0.25) is 4.79 Å². The van der Waals surface area contributed by atoms with Crippen molar-refractivity contribution in [3.63, 3.8) is 0 Å². The van der Waals surface area contributed by atoms with Gasteiger partial charge in [-0.2, -0.15) is 0 Å². The zero-order chi connectivity index (χ0) is 20.8. The highest BCUT2D eigenvalue weighted by atomic mass is 16.6. The minimum Gasteiger partial charge on any atom is -0.464 e. The monoisotopic (exact) mass is 405 g/mol. The van der Waals surface area contributed by atoms with E-state index < -0.39 is 0 Å². The van der Waals surface area contributed by atoms with Gasteiger partial charge in [-0.25, -0.2) is 4.79 Å². The standard InChI is InChI=1S/C24H39NO4/c1-5-29-22(27)15-28-14-16-6-8-18-17-7-9-20-24(3,13-11-21(26)25(20)4)19(17)10-12-23(16,18)2/h16-20H,5-15H2,1-4H3/t16?,17-,18-,19+,20?,23+,24+/m0/s1. The van der Waals surface area contributed by atoms with E-state index >= 15 is 0 Å². The molecule has 164 valence electrons. The molecule has 29 heavy (non-hydrogen) atoms. The molecule has 1 aliphatic heterocycles. The van der Waals surface area contributed by atoms with Gasteiger partial charge in [-0.15, -0.1) is 0 Å². The number of likely N-dealkylation sites (tertiary alicyclic amines) is 1. The molecule has 3 saturated carbocycles. The largest absolute Gasteiger partial charge is 0.464 e. The Hall–Kier alpha value is -1.10. The minimum absolute atomic E-state index is 0.0806. The maximum atomic E-state index is 12.3. The molecule has 0 aromatic rings. The lowest BCUT2D eigenvalue weighted by molar-refractivity contribution is -0.159. The molecule has 0 bridgehead atoms. The number of rotatable bonds is 5. The Balaban J connectivity index is 1.44. The van der Waals surface area contributed by atoms with Crippen molar-refractivity contribution < 1.29 is 19.1 Å². The molecule has 4 aliphatic rings. The molecule has 5 nitrogen and oxygen atoms in total. The van der Waals surface area contributed by atoms with E-state index in [2.05, 4.69) is 18.7 Å². The fourth-order valence-corrected chi connectivity index (χ4v) is 8.02. The Morgan fingerprint density at radius 1 is 1.07 bits per heavy atom. The van der Waals surface area contributed by atoms with Gasteiger partial charge in [0.15, 0.2) is 0 Å². The lowest BCUT2D eigenvalue weighted by Gasteiger charge is -2.61. The fraction of sp³-hybridized carbons (Fsp3) is 0.917. The van der Waals surface area contributed by atoms with Gasteiger partial charge in [-0.1, -0.05) is 13.8 Å². The number of nitrogens with zero attached hydrogens (tertiary/aromatic N) is 1. The molecule has 2 unspecified atom stereocenters. The van der Waals surface area contributed by atoms with Crippen molar-refractivity contribution in [1.29, 1.82) is 0 Å². The Bertz CT molecular complexity index is 651. The normalized spacial score (nSPS) is 44.1. The van der Waals surface area contributed by atoms with Crippen LogP contribution in [0.2, 0.25) is 0 Å². The lowest BCUT2D eigenvalue weighted by atomic mass is 9.47. The van der Waals surface area contributed by atoms with Gasteiger partial charge in [0.1, 0.15) is 6.61 Å². The highest BCUT2D eigenvalue weighted by Gasteiger charge is 2.61. The van der Waals surface area contributed by atoms with Crippen LogP contribution in [0.4, 0.5) is 0 Å². The average Bonchev–Trinajstić information content (AvgIpc) is 3.02. The molecule has 7 atom stereocenters. The zero-order valence-corrected chi connectivity index (χ0v) is 18.7. The first kappa shape index (κ1) is 21.1. The van der Waals surface area contributed by atoms with E-state index in [0.717, 1.165) is 37.0 Å². The van der Waals surface area contributed by atoms with E-state index in [1.807, 2.05) is 14.0 Å². The number of carbonyl (C=O) groups is 2. The molecule has 0 radical (unpaired) electrons. The van der Waals surface area contributed by atoms with Crippen molar-refractivity contribution >= 4 is 11.9 Å². The van der Waals surface area contributed by atoms with Crippen LogP contribution in [-0.2, 0) is 19.1 Å². The molecular weight excluding hydrogens is 366 g/mol. The van der Waals surface area contributed by atoms with Crippen LogP contribution in [0.3, 0.4) is 0 Å². The molecule has 0 spiro atoms. The maximum absolute atomic E-state index is 12.3. The van der Waals surface area contributed by atoms with Crippen LogP contribution in [0.5, 0.6) is 0 Å². The third-order valence-corrected chi connectivity index (χ3v) is 9.60. The summed E-state index contributed by atoms with van der Waals surface area (Å²) < 4.78 is 10.8. The van der Waals surface area contributed by atoms with Crippen LogP contribution in [0.1, 0.15) is 72.1 Å². The Morgan fingerprint density at radius 2 is 1.83 bits per heavy atom. The summed E-state index contributed by atoms with van der Waals surface area (Å²) in [5.41, 5.74) is 0.612. The summed E-state index contributed by atoms with van der Waals surface area (Å²) >= 11 is 0. The van der Waals surface area contributed by atoms with Crippen molar-refractivity contribution in [2.75, 3.05) is 26.9 Å². The van der Waals surface area contributed by atoms with Gasteiger partial charge in [0.2, 0.25) is 5.91 Å². The molecule has 0 aromatic heterocycles. The number of esters is 1. The van der Waals surface area contributed by atoms with Gasteiger partial charge < -0.3 is 14.4 Å². The number of carbonyl (C=O) groups excluding carboxylic acids is 2. The molecular formula is C24H39NO4. The Morgan fingerprint density at radius 3 is 2.59 bits per heavy atom. The highest BCUT2D eigenvalue weighted by molar-refractivity contribution is 5.77. The number of hydrogen-bond acceptors (Lipinski definition) is 4. The van der Waals surface area contributed by atoms with E-state index in [0.29, 0.717) is 36.5 Å². The topological polar surface area (TPSA) is 55.8 Å². The molecule has 0 aromatic carbocycles. The molecule has 1 saturated heterocycles. The van der Waals surface area contributed by atoms with Crippen LogP contribution < -0.4 is 0 Å². The molecule has 1 heterocycles. The molecule has 4 fully saturated rings. The number of amides is 1. The van der Waals surface area contributed by atoms with E-state index in [1.54, 1.807) is 0 Å². The van der Waals surface area contributed by atoms with Crippen LogP contribution >= 0.6 is 0 Å². The van der Waals surface area contributed by atoms with Crippen LogP contribution in [0.15, 0.2) is 0 Å². The van der Waals surface area contributed by atoms with Crippen molar-refractivity contribution in [2.45, 2.75) is 78.2 Å². The predicted octanol–water partition coefficient (Wildman–Crippen LogP) is 4.05. The third-order valence-electron chi connectivity index (χ3n) is 9.60. The van der Waals surface area contributed by atoms with E-state index in [1.165, 1.54) is 32.1 Å². The SMILES string of the molecule is CCOC(=O)COCC1CC[C@H]2[C@@H]3CCC4N(C)C(=O)CC[C@]4(C)[C@@H]3CC[C@]12C. The van der Waals surface area contributed by atoms with E-state index in [-0.39, 0.29) is 18.0 Å². The fourth-order valence-electron chi connectivity index (χ4n) is 8.02. The summed E-state index contributed by atoms with van der Waals surface area (Å²) in [6.45, 7) is 7.97. The molecule has 3 aliphatic carbocycles. The quantitative estimate of drug-likeness (QED) is 0.648. The summed E-state index contributed by atoms with van der Waals surface area (Å²) in [5, 5.41) is 0. The second-order valence-electron chi connectivity index (χ2n) is 10.6. The lowest BCUT2D eigenvalue weighted by Crippen LogP contribution is -2.61. The van der Waals surface area contributed by atoms with Crippen molar-refractivity contribution in [3.05, 3.63) is 0 Å². The van der Waals surface area contributed by atoms with Gasteiger partial charge >= 0.3 is 5.97 Å². The summed E-state index contributed by atoms with van der Waals surface area (Å²) in [5.74, 6) is 2.92. The Kier molecular flexibility index (Phi) is 5.73. The van der Waals surface area contributed by atoms with Crippen molar-refractivity contribution in [2.24, 2.45) is 34.5 Å². The van der Waals surface area contributed by atoms with Crippen molar-refractivity contribution in [3.8, 4) is 0 Å². The van der Waals surface area contributed by atoms with Crippen molar-refractivity contribution in [1.82, 2.24) is 4.90 Å². The number of ether oxygens (including phenoxy) is 2. The second kappa shape index (κ2) is 7.86. The summed E-state index contributed by atoms with van der Waals surface area (Å²) in [6.07, 6.45) is 9.26. The smallest absolute Gasteiger partial charge is 0.332 e. The Labute approximate surface area is 175 Å². The summed E-state index contributed by atoms with van der Waals surface area (Å²) in [4.78, 5) is 26.0. The predicted molar refractivity (Wildman–Crippen MR) is 111 cm³/mol. The van der Waals surface area contributed by atoms with Gasteiger partial charge in [-0.05, 0) is 86.4 Å². The number of hydrogen-bond donors (Lipinski definition) is 0. The summed E-state index contributed by atoms with van der Waals surface area (Å²) in [7, 11) is 2.03. The van der Waals surface area contributed by atoms with Crippen LogP contribution in [0, 0.1) is 34.5 Å². The van der Waals surface area contributed by atoms with Crippen LogP contribution in [0.25, 0.3) is 0 Å². The maximum Gasteiger partial charge on any atom is 0.332 e. The van der Waals surface area contributed by atoms with E-state index in [9.17, 15) is 9.59 Å². The first-order valence-corrected chi connectivity index (χ1v) is 11.8. The highest BCUT2D eigenvalue weighted by Crippen LogP contribution is 2.66. The zero-order valence-electron chi connectivity index (χ0n) is 18.7. The molecule has 0 N–H and O–H groups in total. The van der Waals surface area contributed by atoms with E-state index in [4.69, 9.17) is 9.47 Å². The second-order valence-corrected chi connectivity index (χ2v) is 10.6. The molecule has 5 heteroatoms. The first-order valence-electron chi connectivity index (χ1n) is 11.8. The molecule has 4 rings (SSSR count). The number of piperidine rings is 1. The third kappa shape index (κ3) is 3.41. The first-order chi connectivity index (χ1) is 13.8. The van der Waals surface area contributed by atoms with Crippen LogP contribution in [-0.4, -0.2) is 49.7 Å². The van der Waals surface area contributed by atoms with Gasteiger partial charge in [0, 0.05) is 19.5 Å². The summed E-state index contributed by atoms with van der Waals surface area (Å²) in [6, 6.07) is 0.430. The molecule has 1 amide bonds. The number of fused-ring (bicyclic) bond motifs is 5. The minimum atomic E-state index is -0.252. The van der Waals surface area contributed by atoms with Gasteiger partial charge in [0.05, 0.1) is 13.2 Å². The van der Waals surface area contributed by atoms with Gasteiger partial charge in [0.25, 0.3) is 0 Å².